The predicted molar refractivity (Wildman–Crippen MR) is 80.4 cm³/mol. The Morgan fingerprint density at radius 1 is 1.25 bits per heavy atom. The van der Waals surface area contributed by atoms with Gasteiger partial charge >= 0.3 is 5.97 Å². The van der Waals surface area contributed by atoms with Crippen LogP contribution >= 0.6 is 27.7 Å². The van der Waals surface area contributed by atoms with Gasteiger partial charge in [0.1, 0.15) is 10.7 Å². The number of hydrogen-bond acceptors (Lipinski definition) is 3. The third-order valence-corrected chi connectivity index (χ3v) is 4.17. The first-order valence-corrected chi connectivity index (χ1v) is 7.40. The first-order valence-electron chi connectivity index (χ1n) is 5.79. The van der Waals surface area contributed by atoms with Crippen molar-refractivity contribution in [3.05, 3.63) is 58.8 Å². The van der Waals surface area contributed by atoms with Gasteiger partial charge in [0.15, 0.2) is 5.69 Å². The molecule has 6 heteroatoms. The van der Waals surface area contributed by atoms with Gasteiger partial charge in [0, 0.05) is 15.6 Å². The summed E-state index contributed by atoms with van der Waals surface area (Å²) < 4.78 is 2.53. The molecule has 0 aliphatic carbocycles. The van der Waals surface area contributed by atoms with E-state index in [0.29, 0.717) is 10.7 Å². The monoisotopic (exact) mass is 348 g/mol. The van der Waals surface area contributed by atoms with Crippen LogP contribution in [0.1, 0.15) is 10.5 Å². The molecule has 0 saturated heterocycles. The second-order valence-corrected chi connectivity index (χ2v) is 6.04. The fourth-order valence-corrected chi connectivity index (χ4v) is 3.41. The number of rotatable bonds is 3. The lowest BCUT2D eigenvalue weighted by molar-refractivity contribution is 0.0685. The number of carboxylic acid groups (broad SMARTS) is 1. The van der Waals surface area contributed by atoms with E-state index in [-0.39, 0.29) is 5.69 Å². The van der Waals surface area contributed by atoms with Crippen molar-refractivity contribution >= 4 is 39.3 Å². The molecule has 0 unspecified atom stereocenters. The van der Waals surface area contributed by atoms with E-state index in [1.807, 2.05) is 30.3 Å². The number of fused-ring (bicyclic) bond motifs is 1. The number of hydrogen-bond donors (Lipinski definition) is 1. The molecule has 2 aromatic heterocycles. The van der Waals surface area contributed by atoms with Gasteiger partial charge in [0.25, 0.3) is 0 Å². The quantitative estimate of drug-likeness (QED) is 0.778. The highest BCUT2D eigenvalue weighted by atomic mass is 79.9. The minimum absolute atomic E-state index is 0.186. The second kappa shape index (κ2) is 5.30. The maximum Gasteiger partial charge on any atom is 0.355 e. The molecular weight excluding hydrogens is 340 g/mol. The fourth-order valence-electron chi connectivity index (χ4n) is 1.88. The van der Waals surface area contributed by atoms with Gasteiger partial charge < -0.3 is 5.11 Å². The normalized spacial score (nSPS) is 10.8. The van der Waals surface area contributed by atoms with Crippen LogP contribution in [0.2, 0.25) is 0 Å². The molecule has 0 aliphatic rings. The molecule has 3 aromatic rings. The van der Waals surface area contributed by atoms with Gasteiger partial charge in [-0.05, 0) is 30.3 Å². The predicted octanol–water partition coefficient (Wildman–Crippen LogP) is 3.95. The van der Waals surface area contributed by atoms with Crippen molar-refractivity contribution in [3.8, 4) is 0 Å². The number of nitrogens with zero attached hydrogens (tertiary/aromatic N) is 2. The lowest BCUT2D eigenvalue weighted by atomic mass is 10.4. The van der Waals surface area contributed by atoms with Crippen molar-refractivity contribution in [2.45, 2.75) is 9.92 Å². The Bertz CT molecular complexity index is 801. The largest absolute Gasteiger partial charge is 0.476 e. The van der Waals surface area contributed by atoms with Crippen LogP contribution in [0, 0.1) is 0 Å². The Morgan fingerprint density at radius 2 is 2.10 bits per heavy atom. The van der Waals surface area contributed by atoms with Crippen LogP contribution in [0.5, 0.6) is 0 Å². The number of halogens is 1. The molecular formula is C14H9BrN2O2S. The summed E-state index contributed by atoms with van der Waals surface area (Å²) in [5.74, 6) is -0.985. The Balaban J connectivity index is 2.11. The summed E-state index contributed by atoms with van der Waals surface area (Å²) in [7, 11) is 0. The molecule has 0 aliphatic heterocycles. The molecule has 0 amide bonds. The average molecular weight is 349 g/mol. The van der Waals surface area contributed by atoms with E-state index in [9.17, 15) is 9.90 Å². The number of carbonyl (C=O) groups is 1. The van der Waals surface area contributed by atoms with Gasteiger partial charge in [-0.3, -0.25) is 4.40 Å². The molecule has 0 atom stereocenters. The topological polar surface area (TPSA) is 54.6 Å². The van der Waals surface area contributed by atoms with Crippen LogP contribution in [0.15, 0.2) is 63.1 Å². The Labute approximate surface area is 127 Å². The van der Waals surface area contributed by atoms with Crippen LogP contribution in [-0.2, 0) is 0 Å². The van der Waals surface area contributed by atoms with Gasteiger partial charge in [0.2, 0.25) is 0 Å². The third kappa shape index (κ3) is 2.44. The van der Waals surface area contributed by atoms with Gasteiger partial charge in [-0.1, -0.05) is 39.8 Å². The zero-order valence-electron chi connectivity index (χ0n) is 10.2. The highest BCUT2D eigenvalue weighted by molar-refractivity contribution is 9.10. The third-order valence-electron chi connectivity index (χ3n) is 2.71. The minimum Gasteiger partial charge on any atom is -0.476 e. The molecule has 4 nitrogen and oxygen atoms in total. The SMILES string of the molecule is O=C(O)c1c(Sc2cccc(Br)c2)nc2ccccn12. The van der Waals surface area contributed by atoms with Crippen molar-refractivity contribution < 1.29 is 9.90 Å². The van der Waals surface area contributed by atoms with Crippen molar-refractivity contribution in [2.24, 2.45) is 0 Å². The molecule has 3 rings (SSSR count). The zero-order chi connectivity index (χ0) is 14.1. The zero-order valence-corrected chi connectivity index (χ0v) is 12.6. The van der Waals surface area contributed by atoms with E-state index in [1.54, 1.807) is 22.7 Å². The number of pyridine rings is 1. The van der Waals surface area contributed by atoms with Crippen LogP contribution in [0.25, 0.3) is 5.65 Å². The van der Waals surface area contributed by atoms with E-state index >= 15 is 0 Å². The smallest absolute Gasteiger partial charge is 0.355 e. The highest BCUT2D eigenvalue weighted by Crippen LogP contribution is 2.31. The van der Waals surface area contributed by atoms with E-state index < -0.39 is 5.97 Å². The van der Waals surface area contributed by atoms with Crippen molar-refractivity contribution in [2.75, 3.05) is 0 Å². The molecule has 2 heterocycles. The summed E-state index contributed by atoms with van der Waals surface area (Å²) in [5.41, 5.74) is 0.813. The van der Waals surface area contributed by atoms with Crippen molar-refractivity contribution in [1.29, 1.82) is 0 Å². The first kappa shape index (κ1) is 13.2. The molecule has 0 spiro atoms. The standard InChI is InChI=1S/C14H9BrN2O2S/c15-9-4-3-5-10(8-9)20-13-12(14(18)19)17-7-2-1-6-11(17)16-13/h1-8H,(H,18,19). The summed E-state index contributed by atoms with van der Waals surface area (Å²) in [6.45, 7) is 0. The van der Waals surface area contributed by atoms with Crippen LogP contribution in [-0.4, -0.2) is 20.5 Å². The fraction of sp³-hybridized carbons (Fsp3) is 0. The highest BCUT2D eigenvalue weighted by Gasteiger charge is 2.19. The number of benzene rings is 1. The first-order chi connectivity index (χ1) is 9.65. The van der Waals surface area contributed by atoms with Gasteiger partial charge in [0.05, 0.1) is 0 Å². The maximum atomic E-state index is 11.5. The van der Waals surface area contributed by atoms with Gasteiger partial charge in [-0.2, -0.15) is 0 Å². The molecule has 20 heavy (non-hydrogen) atoms. The van der Waals surface area contributed by atoms with Gasteiger partial charge in [-0.15, -0.1) is 0 Å². The van der Waals surface area contributed by atoms with Crippen molar-refractivity contribution in [1.82, 2.24) is 9.38 Å². The maximum absolute atomic E-state index is 11.5. The van der Waals surface area contributed by atoms with E-state index in [4.69, 9.17) is 0 Å². The number of aromatic nitrogens is 2. The van der Waals surface area contributed by atoms with Crippen LogP contribution < -0.4 is 0 Å². The molecule has 0 fully saturated rings. The average Bonchev–Trinajstić information content (AvgIpc) is 2.76. The number of aromatic carboxylic acids is 1. The summed E-state index contributed by atoms with van der Waals surface area (Å²) in [4.78, 5) is 16.8. The lowest BCUT2D eigenvalue weighted by Crippen LogP contribution is -2.02. The summed E-state index contributed by atoms with van der Waals surface area (Å²) >= 11 is 4.74. The molecule has 1 aromatic carbocycles. The summed E-state index contributed by atoms with van der Waals surface area (Å²) in [5, 5.41) is 9.89. The number of imidazole rings is 1. The summed E-state index contributed by atoms with van der Waals surface area (Å²) in [6, 6.07) is 13.1. The molecule has 0 bridgehead atoms. The van der Waals surface area contributed by atoms with Crippen LogP contribution in [0.4, 0.5) is 0 Å². The van der Waals surface area contributed by atoms with E-state index in [1.165, 1.54) is 11.8 Å². The Hall–Kier alpha value is -1.79. The van der Waals surface area contributed by atoms with E-state index in [0.717, 1.165) is 9.37 Å². The molecule has 1 N–H and O–H groups in total. The Morgan fingerprint density at radius 3 is 2.85 bits per heavy atom. The minimum atomic E-state index is -0.985. The van der Waals surface area contributed by atoms with Crippen LogP contribution in [0.3, 0.4) is 0 Å². The number of carboxylic acids is 1. The molecule has 0 radical (unpaired) electrons. The second-order valence-electron chi connectivity index (χ2n) is 4.06. The van der Waals surface area contributed by atoms with E-state index in [2.05, 4.69) is 20.9 Å². The Kier molecular flexibility index (Phi) is 3.50. The lowest BCUT2D eigenvalue weighted by Gasteiger charge is -2.01. The van der Waals surface area contributed by atoms with Gasteiger partial charge in [-0.25, -0.2) is 9.78 Å². The molecule has 0 saturated carbocycles. The van der Waals surface area contributed by atoms with Crippen molar-refractivity contribution in [3.63, 3.8) is 0 Å². The summed E-state index contributed by atoms with van der Waals surface area (Å²) in [6.07, 6.45) is 1.71. The molecule has 100 valence electrons.